The van der Waals surface area contributed by atoms with E-state index < -0.39 is 0 Å². The summed E-state index contributed by atoms with van der Waals surface area (Å²) in [6.45, 7) is 1.61. The molecule has 1 fully saturated rings. The molecular formula is C12H14N2O2. The summed E-state index contributed by atoms with van der Waals surface area (Å²) in [5, 5.41) is 6.21. The Morgan fingerprint density at radius 3 is 3.00 bits per heavy atom. The molecule has 84 valence electrons. The Morgan fingerprint density at radius 2 is 2.31 bits per heavy atom. The summed E-state index contributed by atoms with van der Waals surface area (Å²) in [6, 6.07) is 5.83. The number of benzene rings is 1. The van der Waals surface area contributed by atoms with E-state index in [0.717, 1.165) is 36.5 Å². The molecule has 3 rings (SSSR count). The van der Waals surface area contributed by atoms with Gasteiger partial charge in [0.25, 0.3) is 0 Å². The van der Waals surface area contributed by atoms with Crippen molar-refractivity contribution in [2.45, 2.75) is 11.8 Å². The van der Waals surface area contributed by atoms with Crippen LogP contribution in [0, 0.1) is 0 Å². The van der Waals surface area contributed by atoms with Crippen LogP contribution in [0.25, 0.3) is 0 Å². The second-order valence-corrected chi connectivity index (χ2v) is 4.35. The Labute approximate surface area is 94.0 Å². The standard InChI is InChI=1S/C12H14N2O2/c1-16-9-4-2-3-8-10(9)14-11(15)12(8)5-6-13-7-12/h2-4,13H,5-7H2,1H3,(H,14,15)/t12-/m0/s1. The number of fused-ring (bicyclic) bond motifs is 2. The summed E-state index contributed by atoms with van der Waals surface area (Å²) in [5.74, 6) is 0.839. The van der Waals surface area contributed by atoms with E-state index in [1.165, 1.54) is 0 Å². The van der Waals surface area contributed by atoms with Crippen molar-refractivity contribution in [3.8, 4) is 5.75 Å². The van der Waals surface area contributed by atoms with Crippen molar-refractivity contribution in [3.05, 3.63) is 23.8 Å². The second-order valence-electron chi connectivity index (χ2n) is 4.35. The van der Waals surface area contributed by atoms with Gasteiger partial charge in [-0.3, -0.25) is 4.79 Å². The fourth-order valence-corrected chi connectivity index (χ4v) is 2.70. The number of hydrogen-bond acceptors (Lipinski definition) is 3. The topological polar surface area (TPSA) is 50.4 Å². The van der Waals surface area contributed by atoms with Crippen molar-refractivity contribution in [3.63, 3.8) is 0 Å². The maximum Gasteiger partial charge on any atom is 0.236 e. The average Bonchev–Trinajstić information content (AvgIpc) is 2.88. The highest BCUT2D eigenvalue weighted by atomic mass is 16.5. The van der Waals surface area contributed by atoms with Gasteiger partial charge in [-0.1, -0.05) is 12.1 Å². The number of rotatable bonds is 1. The van der Waals surface area contributed by atoms with Crippen molar-refractivity contribution in [2.75, 3.05) is 25.5 Å². The lowest BCUT2D eigenvalue weighted by molar-refractivity contribution is -0.120. The Kier molecular flexibility index (Phi) is 1.94. The zero-order valence-corrected chi connectivity index (χ0v) is 9.17. The smallest absolute Gasteiger partial charge is 0.236 e. The van der Waals surface area contributed by atoms with Crippen molar-refractivity contribution >= 4 is 11.6 Å². The number of amides is 1. The van der Waals surface area contributed by atoms with Crippen LogP contribution in [0.15, 0.2) is 18.2 Å². The summed E-state index contributed by atoms with van der Waals surface area (Å²) in [6.07, 6.45) is 0.860. The van der Waals surface area contributed by atoms with Crippen LogP contribution in [-0.2, 0) is 10.2 Å². The molecular weight excluding hydrogens is 204 g/mol. The summed E-state index contributed by atoms with van der Waals surface area (Å²) >= 11 is 0. The molecule has 1 saturated heterocycles. The molecule has 2 aliphatic heterocycles. The lowest BCUT2D eigenvalue weighted by atomic mass is 9.81. The molecule has 2 aliphatic rings. The van der Waals surface area contributed by atoms with Gasteiger partial charge < -0.3 is 15.4 Å². The lowest BCUT2D eigenvalue weighted by Gasteiger charge is -2.19. The number of methoxy groups -OCH3 is 1. The highest BCUT2D eigenvalue weighted by Crippen LogP contribution is 2.45. The Hall–Kier alpha value is -1.55. The van der Waals surface area contributed by atoms with Crippen molar-refractivity contribution in [2.24, 2.45) is 0 Å². The van der Waals surface area contributed by atoms with Crippen molar-refractivity contribution in [1.82, 2.24) is 5.32 Å². The van der Waals surface area contributed by atoms with Crippen LogP contribution >= 0.6 is 0 Å². The third kappa shape index (κ3) is 1.05. The van der Waals surface area contributed by atoms with Gasteiger partial charge in [-0.15, -0.1) is 0 Å². The molecule has 0 saturated carbocycles. The van der Waals surface area contributed by atoms with Gasteiger partial charge in [0, 0.05) is 6.54 Å². The van der Waals surface area contributed by atoms with Crippen molar-refractivity contribution < 1.29 is 9.53 Å². The van der Waals surface area contributed by atoms with Crippen LogP contribution in [0.5, 0.6) is 5.75 Å². The first-order chi connectivity index (χ1) is 7.78. The van der Waals surface area contributed by atoms with Gasteiger partial charge in [0.05, 0.1) is 18.2 Å². The summed E-state index contributed by atoms with van der Waals surface area (Å²) in [7, 11) is 1.62. The first-order valence-electron chi connectivity index (χ1n) is 5.47. The first kappa shape index (κ1) is 9.66. The molecule has 1 amide bonds. The fraction of sp³-hybridized carbons (Fsp3) is 0.417. The molecule has 1 aromatic carbocycles. The predicted octanol–water partition coefficient (Wildman–Crippen LogP) is 0.878. The Balaban J connectivity index is 2.18. The van der Waals surface area contributed by atoms with Gasteiger partial charge in [-0.25, -0.2) is 0 Å². The van der Waals surface area contributed by atoms with E-state index in [-0.39, 0.29) is 11.3 Å². The number of hydrogen-bond donors (Lipinski definition) is 2. The molecule has 0 aliphatic carbocycles. The van der Waals surface area contributed by atoms with E-state index in [1.807, 2.05) is 18.2 Å². The van der Waals surface area contributed by atoms with Crippen LogP contribution in [0.3, 0.4) is 0 Å². The summed E-state index contributed by atoms with van der Waals surface area (Å²) in [4.78, 5) is 12.1. The first-order valence-corrected chi connectivity index (χ1v) is 5.47. The number of ether oxygens (including phenoxy) is 1. The lowest BCUT2D eigenvalue weighted by Crippen LogP contribution is -2.36. The third-order valence-electron chi connectivity index (χ3n) is 3.59. The molecule has 0 radical (unpaired) electrons. The van der Waals surface area contributed by atoms with E-state index in [2.05, 4.69) is 10.6 Å². The zero-order valence-electron chi connectivity index (χ0n) is 9.17. The molecule has 0 aromatic heterocycles. The van der Waals surface area contributed by atoms with Gasteiger partial charge >= 0.3 is 0 Å². The van der Waals surface area contributed by atoms with E-state index in [0.29, 0.717) is 0 Å². The highest BCUT2D eigenvalue weighted by molar-refractivity contribution is 6.08. The third-order valence-corrected chi connectivity index (χ3v) is 3.59. The van der Waals surface area contributed by atoms with E-state index in [4.69, 9.17) is 4.74 Å². The molecule has 1 spiro atoms. The van der Waals surface area contributed by atoms with Crippen LogP contribution in [0.2, 0.25) is 0 Å². The zero-order chi connectivity index (χ0) is 11.2. The van der Waals surface area contributed by atoms with Crippen LogP contribution in [-0.4, -0.2) is 26.1 Å². The van der Waals surface area contributed by atoms with E-state index in [1.54, 1.807) is 7.11 Å². The number of para-hydroxylation sites is 1. The van der Waals surface area contributed by atoms with Gasteiger partial charge in [-0.05, 0) is 24.6 Å². The Bertz CT molecular complexity index is 450. The average molecular weight is 218 g/mol. The van der Waals surface area contributed by atoms with Gasteiger partial charge in [0.1, 0.15) is 5.75 Å². The van der Waals surface area contributed by atoms with E-state index in [9.17, 15) is 4.79 Å². The fourth-order valence-electron chi connectivity index (χ4n) is 2.70. The SMILES string of the molecule is COc1cccc2c1NC(=O)[C@]21CCNC1. The highest BCUT2D eigenvalue weighted by Gasteiger charge is 2.49. The Morgan fingerprint density at radius 1 is 1.44 bits per heavy atom. The van der Waals surface area contributed by atoms with E-state index >= 15 is 0 Å². The normalized spacial score (nSPS) is 26.9. The molecule has 1 aromatic rings. The molecule has 4 nitrogen and oxygen atoms in total. The summed E-state index contributed by atoms with van der Waals surface area (Å²) < 4.78 is 5.27. The molecule has 1 atom stereocenters. The molecule has 2 N–H and O–H groups in total. The van der Waals surface area contributed by atoms with Crippen molar-refractivity contribution in [1.29, 1.82) is 0 Å². The van der Waals surface area contributed by atoms with Crippen LogP contribution in [0.4, 0.5) is 5.69 Å². The maximum atomic E-state index is 12.1. The largest absolute Gasteiger partial charge is 0.495 e. The number of nitrogens with one attached hydrogen (secondary N) is 2. The van der Waals surface area contributed by atoms with Gasteiger partial charge in [0.15, 0.2) is 0 Å². The number of anilines is 1. The molecule has 2 heterocycles. The minimum atomic E-state index is -0.371. The summed E-state index contributed by atoms with van der Waals surface area (Å²) in [5.41, 5.74) is 1.55. The van der Waals surface area contributed by atoms with Crippen LogP contribution in [0.1, 0.15) is 12.0 Å². The maximum absolute atomic E-state index is 12.1. The molecule has 0 unspecified atom stereocenters. The molecule has 4 heteroatoms. The second kappa shape index (κ2) is 3.22. The molecule has 0 bridgehead atoms. The van der Waals surface area contributed by atoms with Gasteiger partial charge in [-0.2, -0.15) is 0 Å². The number of carbonyl (C=O) groups is 1. The minimum absolute atomic E-state index is 0.0944. The predicted molar refractivity (Wildman–Crippen MR) is 60.8 cm³/mol. The minimum Gasteiger partial charge on any atom is -0.495 e. The quantitative estimate of drug-likeness (QED) is 0.735. The van der Waals surface area contributed by atoms with Gasteiger partial charge in [0.2, 0.25) is 5.91 Å². The monoisotopic (exact) mass is 218 g/mol. The van der Waals surface area contributed by atoms with Crippen LogP contribution < -0.4 is 15.4 Å². The number of carbonyl (C=O) groups excluding carboxylic acids is 1. The molecule has 16 heavy (non-hydrogen) atoms.